The Morgan fingerprint density at radius 3 is 1.25 bits per heavy atom. The number of hydrogen-bond donors (Lipinski definition) is 2. The summed E-state index contributed by atoms with van der Waals surface area (Å²) in [6.45, 7) is 0. The first kappa shape index (κ1) is 17.6. The van der Waals surface area contributed by atoms with Crippen molar-refractivity contribution in [3.05, 3.63) is 59.7 Å². The first-order chi connectivity index (χ1) is 9.24. The van der Waals surface area contributed by atoms with Gasteiger partial charge in [0.1, 0.15) is 0 Å². The molecule has 0 saturated heterocycles. The third-order valence-electron chi connectivity index (χ3n) is 2.36. The molecular weight excluding hydrogens is 272 g/mol. The van der Waals surface area contributed by atoms with E-state index in [0.717, 1.165) is 11.1 Å². The zero-order valence-electron chi connectivity index (χ0n) is 11.0. The molecule has 0 spiro atoms. The predicted molar refractivity (Wildman–Crippen MR) is 81.8 cm³/mol. The summed E-state index contributed by atoms with van der Waals surface area (Å²) in [6, 6.07) is 18.9. The van der Waals surface area contributed by atoms with Crippen LogP contribution in [0.4, 0.5) is 0 Å². The highest BCUT2D eigenvalue weighted by Crippen LogP contribution is 2.19. The van der Waals surface area contributed by atoms with Crippen LogP contribution in [0, 0.1) is 22.7 Å². The lowest BCUT2D eigenvalue weighted by Gasteiger charge is -2.01. The number of nitrogens with two attached hydrogens (primary N) is 1. The number of halogens is 1. The molecule has 0 fully saturated rings. The quantitative estimate of drug-likeness (QED) is 0.623. The fraction of sp³-hybridized carbons (Fsp3) is 0.0667. The van der Waals surface area contributed by atoms with Gasteiger partial charge in [-0.25, -0.2) is 0 Å². The third-order valence-corrected chi connectivity index (χ3v) is 2.36. The molecule has 0 amide bonds. The van der Waals surface area contributed by atoms with E-state index in [0.29, 0.717) is 11.1 Å². The van der Waals surface area contributed by atoms with E-state index in [1.165, 1.54) is 0 Å². The van der Waals surface area contributed by atoms with Crippen LogP contribution in [0.2, 0.25) is 0 Å². The van der Waals surface area contributed by atoms with E-state index in [1.54, 1.807) is 31.3 Å². The number of hydrazine groups is 1. The maximum atomic E-state index is 8.68. The zero-order valence-corrected chi connectivity index (χ0v) is 11.8. The van der Waals surface area contributed by atoms with E-state index in [4.69, 9.17) is 10.5 Å². The van der Waals surface area contributed by atoms with E-state index in [1.807, 2.05) is 24.3 Å². The Kier molecular flexibility index (Phi) is 8.41. The Labute approximate surface area is 124 Å². The second kappa shape index (κ2) is 9.55. The van der Waals surface area contributed by atoms with Gasteiger partial charge in [-0.05, 0) is 42.4 Å². The van der Waals surface area contributed by atoms with E-state index in [-0.39, 0.29) is 12.4 Å². The summed E-state index contributed by atoms with van der Waals surface area (Å²) >= 11 is 0. The van der Waals surface area contributed by atoms with E-state index in [2.05, 4.69) is 23.4 Å². The SMILES string of the molecule is CNN.Cl.N#Cc1ccc(-c2ccc(C#N)cc2)cc1. The molecule has 2 rings (SSSR count). The molecule has 2 aromatic rings. The van der Waals surface area contributed by atoms with Crippen molar-refractivity contribution in [1.29, 1.82) is 10.5 Å². The fourth-order valence-electron chi connectivity index (χ4n) is 1.47. The number of nitriles is 2. The minimum absolute atomic E-state index is 0. The molecule has 0 heterocycles. The number of benzene rings is 2. The average Bonchev–Trinajstić information content (AvgIpc) is 2.48. The van der Waals surface area contributed by atoms with Crippen molar-refractivity contribution < 1.29 is 0 Å². The summed E-state index contributed by atoms with van der Waals surface area (Å²) in [6.07, 6.45) is 0. The van der Waals surface area contributed by atoms with Crippen molar-refractivity contribution >= 4 is 12.4 Å². The number of hydrogen-bond acceptors (Lipinski definition) is 4. The molecule has 3 N–H and O–H groups in total. The molecule has 102 valence electrons. The van der Waals surface area contributed by atoms with Gasteiger partial charge in [-0.15, -0.1) is 12.4 Å². The lowest BCUT2D eigenvalue weighted by Crippen LogP contribution is -2.13. The molecule has 0 bridgehead atoms. The Balaban J connectivity index is 0.000000830. The van der Waals surface area contributed by atoms with Crippen molar-refractivity contribution in [2.75, 3.05) is 7.05 Å². The largest absolute Gasteiger partial charge is 0.272 e. The maximum Gasteiger partial charge on any atom is 0.0991 e. The van der Waals surface area contributed by atoms with Gasteiger partial charge in [-0.1, -0.05) is 24.3 Å². The summed E-state index contributed by atoms with van der Waals surface area (Å²) < 4.78 is 0. The highest BCUT2D eigenvalue weighted by Gasteiger charge is 1.98. The lowest BCUT2D eigenvalue weighted by atomic mass is 10.0. The Morgan fingerprint density at radius 2 is 1.05 bits per heavy atom. The predicted octanol–water partition coefficient (Wildman–Crippen LogP) is 2.60. The molecule has 5 heteroatoms. The maximum absolute atomic E-state index is 8.68. The minimum atomic E-state index is 0. The fourth-order valence-corrected chi connectivity index (χ4v) is 1.47. The Bertz CT molecular complexity index is 536. The molecule has 0 saturated carbocycles. The molecule has 0 aromatic heterocycles. The molecule has 4 nitrogen and oxygen atoms in total. The van der Waals surface area contributed by atoms with Crippen LogP contribution in [0.25, 0.3) is 11.1 Å². The van der Waals surface area contributed by atoms with Gasteiger partial charge in [-0.3, -0.25) is 11.3 Å². The highest BCUT2D eigenvalue weighted by molar-refractivity contribution is 5.85. The van der Waals surface area contributed by atoms with Crippen LogP contribution in [-0.2, 0) is 0 Å². The second-order valence-electron chi connectivity index (χ2n) is 3.67. The summed E-state index contributed by atoms with van der Waals surface area (Å²) in [7, 11) is 1.65. The van der Waals surface area contributed by atoms with Crippen molar-refractivity contribution in [2.24, 2.45) is 5.84 Å². The van der Waals surface area contributed by atoms with Crippen LogP contribution in [0.1, 0.15) is 11.1 Å². The van der Waals surface area contributed by atoms with Crippen molar-refractivity contribution in [1.82, 2.24) is 5.43 Å². The topological polar surface area (TPSA) is 85.6 Å². The van der Waals surface area contributed by atoms with Crippen LogP contribution in [-0.4, -0.2) is 7.05 Å². The normalized spacial score (nSPS) is 8.20. The second-order valence-corrected chi connectivity index (χ2v) is 3.67. The van der Waals surface area contributed by atoms with Crippen molar-refractivity contribution in [3.63, 3.8) is 0 Å². The minimum Gasteiger partial charge on any atom is -0.272 e. The van der Waals surface area contributed by atoms with E-state index >= 15 is 0 Å². The molecule has 0 aliphatic rings. The van der Waals surface area contributed by atoms with Crippen LogP contribution in [0.5, 0.6) is 0 Å². The average molecular weight is 287 g/mol. The molecule has 0 aliphatic heterocycles. The van der Waals surface area contributed by atoms with Gasteiger partial charge in [-0.2, -0.15) is 10.5 Å². The van der Waals surface area contributed by atoms with E-state index < -0.39 is 0 Å². The standard InChI is InChI=1S/C14H8N2.CH6N2.ClH/c15-9-11-1-5-13(6-2-11)14-7-3-12(10-16)4-8-14;1-3-2;/h1-8H;3H,2H2,1H3;1H. The molecule has 0 aliphatic carbocycles. The summed E-state index contributed by atoms with van der Waals surface area (Å²) in [5, 5.41) is 17.4. The first-order valence-electron chi connectivity index (χ1n) is 5.63. The first-order valence-corrected chi connectivity index (χ1v) is 5.63. The molecule has 0 unspecified atom stereocenters. The van der Waals surface area contributed by atoms with Crippen molar-refractivity contribution in [3.8, 4) is 23.3 Å². The van der Waals surface area contributed by atoms with Gasteiger partial charge in [0.25, 0.3) is 0 Å². The summed E-state index contributed by atoms with van der Waals surface area (Å²) in [5.41, 5.74) is 5.64. The number of nitrogens with zero attached hydrogens (tertiary/aromatic N) is 2. The highest BCUT2D eigenvalue weighted by atomic mass is 35.5. The zero-order chi connectivity index (χ0) is 14.1. The summed E-state index contributed by atoms with van der Waals surface area (Å²) in [4.78, 5) is 0. The molecule has 2 aromatic carbocycles. The smallest absolute Gasteiger partial charge is 0.0991 e. The summed E-state index contributed by atoms with van der Waals surface area (Å²) in [5.74, 6) is 4.60. The van der Waals surface area contributed by atoms with Gasteiger partial charge in [0.15, 0.2) is 0 Å². The molecule has 0 atom stereocenters. The lowest BCUT2D eigenvalue weighted by molar-refractivity contribution is 0.900. The van der Waals surface area contributed by atoms with Gasteiger partial charge >= 0.3 is 0 Å². The van der Waals surface area contributed by atoms with Crippen LogP contribution >= 0.6 is 12.4 Å². The Hall–Kier alpha value is -2.37. The Morgan fingerprint density at radius 1 is 0.800 bits per heavy atom. The van der Waals surface area contributed by atoms with E-state index in [9.17, 15) is 0 Å². The van der Waals surface area contributed by atoms with Gasteiger partial charge < -0.3 is 0 Å². The monoisotopic (exact) mass is 286 g/mol. The number of rotatable bonds is 1. The van der Waals surface area contributed by atoms with Crippen LogP contribution in [0.3, 0.4) is 0 Å². The van der Waals surface area contributed by atoms with Gasteiger partial charge in [0.05, 0.1) is 23.3 Å². The molecule has 0 radical (unpaired) electrons. The van der Waals surface area contributed by atoms with Crippen LogP contribution < -0.4 is 11.3 Å². The van der Waals surface area contributed by atoms with Gasteiger partial charge in [0.2, 0.25) is 0 Å². The molecule has 20 heavy (non-hydrogen) atoms. The van der Waals surface area contributed by atoms with Crippen LogP contribution in [0.15, 0.2) is 48.5 Å². The molecular formula is C15H15ClN4. The van der Waals surface area contributed by atoms with Gasteiger partial charge in [0, 0.05) is 0 Å². The van der Waals surface area contributed by atoms with Crippen molar-refractivity contribution in [2.45, 2.75) is 0 Å². The third kappa shape index (κ3) is 5.09. The number of nitrogens with one attached hydrogen (secondary N) is 1.